The summed E-state index contributed by atoms with van der Waals surface area (Å²) in [5.41, 5.74) is 0.0825. The fraction of sp³-hybridized carbons (Fsp3) is 0.812. The van der Waals surface area contributed by atoms with Crippen molar-refractivity contribution in [1.82, 2.24) is 0 Å². The number of carbonyl (C=O) groups excluding carboxylic acids is 1. The summed E-state index contributed by atoms with van der Waals surface area (Å²) in [6.45, 7) is 3.79. The van der Waals surface area contributed by atoms with Crippen LogP contribution in [0.3, 0.4) is 0 Å². The van der Waals surface area contributed by atoms with Gasteiger partial charge < -0.3 is 4.74 Å². The van der Waals surface area contributed by atoms with Gasteiger partial charge in [-0.1, -0.05) is 25.7 Å². The summed E-state index contributed by atoms with van der Waals surface area (Å²) in [4.78, 5) is 16.7. The van der Waals surface area contributed by atoms with Gasteiger partial charge in [0, 0.05) is 11.6 Å². The summed E-state index contributed by atoms with van der Waals surface area (Å²) < 4.78 is 4.98. The number of nitriles is 1. The molecule has 4 nitrogen and oxygen atoms in total. The Balaban J connectivity index is 2.42. The van der Waals surface area contributed by atoms with Crippen LogP contribution in [0.1, 0.15) is 52.4 Å². The lowest BCUT2D eigenvalue weighted by atomic mass is 9.64. The number of methoxy groups -OCH3 is 1. The Bertz CT molecular complexity index is 452. The van der Waals surface area contributed by atoms with E-state index in [9.17, 15) is 10.1 Å². The number of hydrogen-bond acceptors (Lipinski definition) is 4. The van der Waals surface area contributed by atoms with Gasteiger partial charge in [-0.25, -0.2) is 0 Å². The molecule has 2 rings (SSSR count). The quantitative estimate of drug-likeness (QED) is 0.691. The second-order valence-electron chi connectivity index (χ2n) is 6.28. The topological polar surface area (TPSA) is 62.4 Å². The fourth-order valence-electron chi connectivity index (χ4n) is 4.02. The molecule has 4 atom stereocenters. The summed E-state index contributed by atoms with van der Waals surface area (Å²) in [5.74, 6) is -0.0863. The molecule has 1 aliphatic heterocycles. The maximum Gasteiger partial charge on any atom is 0.314 e. The molecule has 1 heterocycles. The Morgan fingerprint density at radius 1 is 1.35 bits per heavy atom. The summed E-state index contributed by atoms with van der Waals surface area (Å²) in [6, 6.07) is 2.40. The van der Waals surface area contributed by atoms with Crippen molar-refractivity contribution < 1.29 is 9.53 Å². The molecule has 0 N–H and O–H groups in total. The molecule has 0 amide bonds. The third kappa shape index (κ3) is 2.59. The van der Waals surface area contributed by atoms with Gasteiger partial charge in [-0.15, -0.1) is 0 Å². The zero-order valence-corrected chi connectivity index (χ0v) is 12.7. The minimum atomic E-state index is -0.684. The van der Waals surface area contributed by atoms with E-state index in [-0.39, 0.29) is 23.7 Å². The molecule has 0 aromatic rings. The predicted molar refractivity (Wildman–Crippen MR) is 77.3 cm³/mol. The number of rotatable bonds is 1. The van der Waals surface area contributed by atoms with Crippen molar-refractivity contribution in [2.75, 3.05) is 7.11 Å². The lowest BCUT2D eigenvalue weighted by Crippen LogP contribution is -2.49. The Hall–Kier alpha value is -1.37. The Kier molecular flexibility index (Phi) is 4.47. The highest BCUT2D eigenvalue weighted by Crippen LogP contribution is 2.45. The number of hydrogen-bond donors (Lipinski definition) is 0. The highest BCUT2D eigenvalue weighted by Gasteiger charge is 2.49. The van der Waals surface area contributed by atoms with Crippen molar-refractivity contribution in [2.45, 2.75) is 57.9 Å². The predicted octanol–water partition coefficient (Wildman–Crippen LogP) is 3.12. The molecule has 0 aromatic carbocycles. The van der Waals surface area contributed by atoms with Crippen molar-refractivity contribution >= 4 is 11.7 Å². The lowest BCUT2D eigenvalue weighted by molar-refractivity contribution is -0.146. The first kappa shape index (κ1) is 15.0. The number of esters is 1. The standard InChI is InChI=1S/C16H24N2O2/c1-11-14(15(19)20-3)12-8-6-4-5-7-9-13(12)16(2,10-17)18-11/h12-14H,4-9H2,1-3H3/t12-,13-,14?,16?/m1/s1. The second kappa shape index (κ2) is 5.95. The van der Waals surface area contributed by atoms with Gasteiger partial charge in [-0.05, 0) is 32.6 Å². The summed E-state index contributed by atoms with van der Waals surface area (Å²) in [7, 11) is 1.44. The highest BCUT2D eigenvalue weighted by atomic mass is 16.5. The molecule has 1 fully saturated rings. The largest absolute Gasteiger partial charge is 0.469 e. The molecule has 2 aliphatic rings. The van der Waals surface area contributed by atoms with Gasteiger partial charge in [0.15, 0.2) is 0 Å². The molecule has 1 aliphatic carbocycles. The van der Waals surface area contributed by atoms with E-state index in [1.54, 1.807) is 0 Å². The SMILES string of the molecule is COC(=O)C1C(C)=NC(C)(C#N)[C@@H]2CCCCCC[C@@H]12. The molecule has 0 spiro atoms. The number of ether oxygens (including phenoxy) is 1. The highest BCUT2D eigenvalue weighted by molar-refractivity contribution is 6.02. The summed E-state index contributed by atoms with van der Waals surface area (Å²) in [5, 5.41) is 9.58. The maximum atomic E-state index is 12.1. The van der Waals surface area contributed by atoms with Gasteiger partial charge in [0.1, 0.15) is 5.54 Å². The van der Waals surface area contributed by atoms with Gasteiger partial charge in [0.05, 0.1) is 19.1 Å². The van der Waals surface area contributed by atoms with Crippen LogP contribution in [0.15, 0.2) is 4.99 Å². The van der Waals surface area contributed by atoms with E-state index in [2.05, 4.69) is 11.1 Å². The second-order valence-corrected chi connectivity index (χ2v) is 6.28. The number of fused-ring (bicyclic) bond motifs is 1. The zero-order valence-electron chi connectivity index (χ0n) is 12.7. The normalized spacial score (nSPS) is 37.7. The average molecular weight is 276 g/mol. The van der Waals surface area contributed by atoms with Crippen LogP contribution in [0.25, 0.3) is 0 Å². The van der Waals surface area contributed by atoms with Gasteiger partial charge >= 0.3 is 5.97 Å². The first-order valence-corrected chi connectivity index (χ1v) is 7.59. The van der Waals surface area contributed by atoms with E-state index in [1.807, 2.05) is 13.8 Å². The minimum Gasteiger partial charge on any atom is -0.469 e. The number of aliphatic imine (C=N–C) groups is 1. The van der Waals surface area contributed by atoms with Crippen LogP contribution in [-0.4, -0.2) is 24.3 Å². The first-order valence-electron chi connectivity index (χ1n) is 7.59. The number of nitrogens with zero attached hydrogens (tertiary/aromatic N) is 2. The molecule has 0 aromatic heterocycles. The van der Waals surface area contributed by atoms with Crippen LogP contribution in [0.5, 0.6) is 0 Å². The van der Waals surface area contributed by atoms with Crippen molar-refractivity contribution in [3.05, 3.63) is 0 Å². The van der Waals surface area contributed by atoms with Gasteiger partial charge in [0.2, 0.25) is 0 Å². The lowest BCUT2D eigenvalue weighted by Gasteiger charge is -2.43. The third-order valence-corrected chi connectivity index (χ3v) is 5.01. The zero-order chi connectivity index (χ0) is 14.8. The molecule has 0 bridgehead atoms. The molecule has 110 valence electrons. The van der Waals surface area contributed by atoms with Crippen molar-refractivity contribution in [3.63, 3.8) is 0 Å². The van der Waals surface area contributed by atoms with Crippen LogP contribution >= 0.6 is 0 Å². The Morgan fingerprint density at radius 2 is 2.00 bits per heavy atom. The monoisotopic (exact) mass is 276 g/mol. The maximum absolute atomic E-state index is 12.1. The molecule has 1 saturated carbocycles. The van der Waals surface area contributed by atoms with E-state index in [0.29, 0.717) is 0 Å². The fourth-order valence-corrected chi connectivity index (χ4v) is 4.02. The molecular formula is C16H24N2O2. The molecule has 20 heavy (non-hydrogen) atoms. The van der Waals surface area contributed by atoms with Gasteiger partial charge in [-0.2, -0.15) is 5.26 Å². The van der Waals surface area contributed by atoms with Crippen molar-refractivity contribution in [1.29, 1.82) is 5.26 Å². The summed E-state index contributed by atoms with van der Waals surface area (Å²) >= 11 is 0. The van der Waals surface area contributed by atoms with Gasteiger partial charge in [-0.3, -0.25) is 9.79 Å². The average Bonchev–Trinajstić information content (AvgIpc) is 2.39. The van der Waals surface area contributed by atoms with E-state index < -0.39 is 5.54 Å². The van der Waals surface area contributed by atoms with Crippen LogP contribution in [-0.2, 0) is 9.53 Å². The third-order valence-electron chi connectivity index (χ3n) is 5.01. The van der Waals surface area contributed by atoms with Gasteiger partial charge in [0.25, 0.3) is 0 Å². The van der Waals surface area contributed by atoms with Crippen molar-refractivity contribution in [2.24, 2.45) is 22.7 Å². The molecule has 0 radical (unpaired) electrons. The van der Waals surface area contributed by atoms with Crippen LogP contribution in [0.4, 0.5) is 0 Å². The molecule has 2 unspecified atom stereocenters. The molecule has 4 heteroatoms. The van der Waals surface area contributed by atoms with Crippen LogP contribution < -0.4 is 0 Å². The molecular weight excluding hydrogens is 252 g/mol. The van der Waals surface area contributed by atoms with E-state index in [1.165, 1.54) is 20.0 Å². The first-order chi connectivity index (χ1) is 9.53. The van der Waals surface area contributed by atoms with E-state index in [4.69, 9.17) is 4.74 Å². The van der Waals surface area contributed by atoms with E-state index in [0.717, 1.165) is 31.4 Å². The van der Waals surface area contributed by atoms with Crippen LogP contribution in [0, 0.1) is 29.1 Å². The summed E-state index contributed by atoms with van der Waals surface area (Å²) in [6.07, 6.45) is 6.67. The Labute approximate surface area is 121 Å². The number of carbonyl (C=O) groups is 1. The smallest absolute Gasteiger partial charge is 0.314 e. The van der Waals surface area contributed by atoms with Crippen LogP contribution in [0.2, 0.25) is 0 Å². The Morgan fingerprint density at radius 3 is 2.60 bits per heavy atom. The molecule has 0 saturated heterocycles. The minimum absolute atomic E-state index is 0.167. The van der Waals surface area contributed by atoms with E-state index >= 15 is 0 Å². The van der Waals surface area contributed by atoms with Crippen molar-refractivity contribution in [3.8, 4) is 6.07 Å².